The molecule has 1 fully saturated rings. The molecule has 1 amide bonds. The van der Waals surface area contributed by atoms with Crippen LogP contribution < -0.4 is 5.32 Å². The number of amides is 1. The Morgan fingerprint density at radius 2 is 1.73 bits per heavy atom. The summed E-state index contributed by atoms with van der Waals surface area (Å²) in [4.78, 5) is 22.7. The SMILES string of the molecule is CC(C)(C)OC(=O)Nc1ccc(C2(C(=O)O)CC2(F)F)cc1. The Hall–Kier alpha value is -2.18. The summed E-state index contributed by atoms with van der Waals surface area (Å²) in [5, 5.41) is 11.5. The first-order valence-corrected chi connectivity index (χ1v) is 6.70. The number of aliphatic carboxylic acids is 1. The van der Waals surface area contributed by atoms with E-state index in [1.807, 2.05) is 0 Å². The van der Waals surface area contributed by atoms with E-state index in [4.69, 9.17) is 9.84 Å². The van der Waals surface area contributed by atoms with Crippen molar-refractivity contribution in [3.63, 3.8) is 0 Å². The van der Waals surface area contributed by atoms with Gasteiger partial charge in [0.2, 0.25) is 0 Å². The quantitative estimate of drug-likeness (QED) is 0.897. The third kappa shape index (κ3) is 2.88. The van der Waals surface area contributed by atoms with Gasteiger partial charge in [-0.05, 0) is 38.5 Å². The zero-order chi connectivity index (χ0) is 16.8. The van der Waals surface area contributed by atoms with Crippen molar-refractivity contribution < 1.29 is 28.2 Å². The molecule has 2 N–H and O–H groups in total. The molecule has 1 atom stereocenters. The number of hydrogen-bond donors (Lipinski definition) is 2. The molecule has 120 valence electrons. The van der Waals surface area contributed by atoms with Crippen molar-refractivity contribution in [1.29, 1.82) is 0 Å². The smallest absolute Gasteiger partial charge is 0.412 e. The van der Waals surface area contributed by atoms with E-state index in [9.17, 15) is 18.4 Å². The predicted molar refractivity (Wildman–Crippen MR) is 75.2 cm³/mol. The number of rotatable bonds is 3. The highest BCUT2D eigenvalue weighted by Gasteiger charge is 2.77. The number of carbonyl (C=O) groups excluding carboxylic acids is 1. The number of halogens is 2. The van der Waals surface area contributed by atoms with Gasteiger partial charge >= 0.3 is 12.1 Å². The van der Waals surface area contributed by atoms with Crippen LogP contribution in [-0.4, -0.2) is 28.7 Å². The zero-order valence-corrected chi connectivity index (χ0v) is 12.4. The van der Waals surface area contributed by atoms with Crippen molar-refractivity contribution in [2.45, 2.75) is 44.1 Å². The average molecular weight is 313 g/mol. The lowest BCUT2D eigenvalue weighted by Gasteiger charge is -2.20. The average Bonchev–Trinajstić information content (AvgIpc) is 2.92. The summed E-state index contributed by atoms with van der Waals surface area (Å²) >= 11 is 0. The van der Waals surface area contributed by atoms with Crippen LogP contribution >= 0.6 is 0 Å². The molecule has 1 aliphatic rings. The van der Waals surface area contributed by atoms with Gasteiger partial charge in [-0.1, -0.05) is 12.1 Å². The number of carbonyl (C=O) groups is 2. The molecule has 0 spiro atoms. The molecule has 7 heteroatoms. The monoisotopic (exact) mass is 313 g/mol. The standard InChI is InChI=1S/C15H17F2NO4/c1-13(2,3)22-12(21)18-10-6-4-9(5-7-10)14(11(19)20)8-15(14,16)17/h4-7H,8H2,1-3H3,(H,18,21)(H,19,20). The number of ether oxygens (including phenoxy) is 1. The molecule has 1 aliphatic carbocycles. The summed E-state index contributed by atoms with van der Waals surface area (Å²) in [7, 11) is 0. The van der Waals surface area contributed by atoms with Crippen LogP contribution in [0.2, 0.25) is 0 Å². The second-order valence-corrected chi connectivity index (χ2v) is 6.30. The molecule has 22 heavy (non-hydrogen) atoms. The molecule has 0 saturated heterocycles. The minimum atomic E-state index is -3.25. The first-order chi connectivity index (χ1) is 9.98. The predicted octanol–water partition coefficient (Wildman–Crippen LogP) is 3.40. The van der Waals surface area contributed by atoms with Crippen LogP contribution in [0.5, 0.6) is 0 Å². The van der Waals surface area contributed by atoms with Gasteiger partial charge in [-0.15, -0.1) is 0 Å². The Kier molecular flexibility index (Phi) is 3.63. The molecule has 5 nitrogen and oxygen atoms in total. The highest BCUT2D eigenvalue weighted by atomic mass is 19.3. The third-order valence-electron chi connectivity index (χ3n) is 3.37. The summed E-state index contributed by atoms with van der Waals surface area (Å²) in [6.45, 7) is 5.13. The molecule has 1 unspecified atom stereocenters. The second kappa shape index (κ2) is 4.93. The van der Waals surface area contributed by atoms with E-state index in [0.29, 0.717) is 5.69 Å². The lowest BCUT2D eigenvalue weighted by Crippen LogP contribution is -2.28. The van der Waals surface area contributed by atoms with Crippen molar-refractivity contribution >= 4 is 17.7 Å². The van der Waals surface area contributed by atoms with Crippen LogP contribution in [0.15, 0.2) is 24.3 Å². The van der Waals surface area contributed by atoms with Crippen molar-refractivity contribution in [3.05, 3.63) is 29.8 Å². The van der Waals surface area contributed by atoms with E-state index in [2.05, 4.69) is 5.32 Å². The number of carboxylic acid groups (broad SMARTS) is 1. The summed E-state index contributed by atoms with van der Waals surface area (Å²) < 4.78 is 31.9. The Balaban J connectivity index is 2.12. The fraction of sp³-hybridized carbons (Fsp3) is 0.467. The topological polar surface area (TPSA) is 75.6 Å². The maximum atomic E-state index is 13.4. The van der Waals surface area contributed by atoms with Crippen LogP contribution in [0.4, 0.5) is 19.3 Å². The Labute approximate surface area is 126 Å². The Morgan fingerprint density at radius 1 is 1.23 bits per heavy atom. The van der Waals surface area contributed by atoms with Crippen LogP contribution in [0.1, 0.15) is 32.8 Å². The van der Waals surface area contributed by atoms with Crippen LogP contribution in [0, 0.1) is 0 Å². The molecule has 0 aliphatic heterocycles. The molecule has 1 aromatic carbocycles. The van der Waals surface area contributed by atoms with Gasteiger partial charge in [-0.25, -0.2) is 13.6 Å². The normalized spacial score (nSPS) is 22.8. The Bertz CT molecular complexity index is 607. The summed E-state index contributed by atoms with van der Waals surface area (Å²) in [5.41, 5.74) is -2.47. The van der Waals surface area contributed by atoms with E-state index in [1.165, 1.54) is 24.3 Å². The summed E-state index contributed by atoms with van der Waals surface area (Å²) in [6, 6.07) is 5.31. The molecule has 0 heterocycles. The molecule has 2 rings (SSSR count). The lowest BCUT2D eigenvalue weighted by atomic mass is 9.95. The first-order valence-electron chi connectivity index (χ1n) is 6.70. The van der Waals surface area contributed by atoms with Gasteiger partial charge in [0, 0.05) is 12.1 Å². The summed E-state index contributed by atoms with van der Waals surface area (Å²) in [6.07, 6.45) is -1.39. The minimum Gasteiger partial charge on any atom is -0.480 e. The van der Waals surface area contributed by atoms with E-state index >= 15 is 0 Å². The fourth-order valence-electron chi connectivity index (χ4n) is 2.22. The molecule has 0 aromatic heterocycles. The highest BCUT2D eigenvalue weighted by Crippen LogP contribution is 2.61. The number of carboxylic acids is 1. The molecule has 1 aromatic rings. The Morgan fingerprint density at radius 3 is 2.09 bits per heavy atom. The first kappa shape index (κ1) is 16.2. The van der Waals surface area contributed by atoms with Crippen molar-refractivity contribution in [2.75, 3.05) is 5.32 Å². The number of nitrogens with one attached hydrogen (secondary N) is 1. The summed E-state index contributed by atoms with van der Waals surface area (Å²) in [5.74, 6) is -4.80. The van der Waals surface area contributed by atoms with Gasteiger partial charge in [-0.3, -0.25) is 10.1 Å². The molecule has 0 radical (unpaired) electrons. The fourth-order valence-corrected chi connectivity index (χ4v) is 2.22. The zero-order valence-electron chi connectivity index (χ0n) is 12.4. The van der Waals surface area contributed by atoms with Crippen LogP contribution in [0.25, 0.3) is 0 Å². The van der Waals surface area contributed by atoms with E-state index < -0.39 is 35.4 Å². The largest absolute Gasteiger partial charge is 0.480 e. The second-order valence-electron chi connectivity index (χ2n) is 6.30. The molecular weight excluding hydrogens is 296 g/mol. The number of benzene rings is 1. The molecular formula is C15H17F2NO4. The van der Waals surface area contributed by atoms with Crippen molar-refractivity contribution in [1.82, 2.24) is 0 Å². The van der Waals surface area contributed by atoms with Gasteiger partial charge in [0.25, 0.3) is 5.92 Å². The maximum absolute atomic E-state index is 13.4. The number of hydrogen-bond acceptors (Lipinski definition) is 3. The van der Waals surface area contributed by atoms with Gasteiger partial charge in [-0.2, -0.15) is 0 Å². The van der Waals surface area contributed by atoms with Gasteiger partial charge in [0.15, 0.2) is 5.41 Å². The highest BCUT2D eigenvalue weighted by molar-refractivity contribution is 5.88. The van der Waals surface area contributed by atoms with Gasteiger partial charge in [0.1, 0.15) is 5.60 Å². The van der Waals surface area contributed by atoms with E-state index in [1.54, 1.807) is 20.8 Å². The van der Waals surface area contributed by atoms with Gasteiger partial charge < -0.3 is 9.84 Å². The lowest BCUT2D eigenvalue weighted by molar-refractivity contribution is -0.142. The van der Waals surface area contributed by atoms with Crippen molar-refractivity contribution in [3.8, 4) is 0 Å². The van der Waals surface area contributed by atoms with Crippen molar-refractivity contribution in [2.24, 2.45) is 0 Å². The van der Waals surface area contributed by atoms with Crippen LogP contribution in [-0.2, 0) is 14.9 Å². The molecule has 1 saturated carbocycles. The van der Waals surface area contributed by atoms with E-state index in [-0.39, 0.29) is 5.56 Å². The van der Waals surface area contributed by atoms with Crippen LogP contribution in [0.3, 0.4) is 0 Å². The van der Waals surface area contributed by atoms with E-state index in [0.717, 1.165) is 0 Å². The maximum Gasteiger partial charge on any atom is 0.412 e. The molecule has 0 bridgehead atoms. The minimum absolute atomic E-state index is 0.0136. The third-order valence-corrected chi connectivity index (χ3v) is 3.37. The van der Waals surface area contributed by atoms with Gasteiger partial charge in [0.05, 0.1) is 0 Å². The number of alkyl halides is 2. The number of anilines is 1.